The van der Waals surface area contributed by atoms with E-state index in [0.717, 1.165) is 12.1 Å². The SMILES string of the molecule is COc1ccc(CNC2CCCC2(C)C)cc1F. The maximum atomic E-state index is 13.6. The topological polar surface area (TPSA) is 21.3 Å². The molecule has 1 fully saturated rings. The van der Waals surface area contributed by atoms with Crippen molar-refractivity contribution in [2.45, 2.75) is 45.7 Å². The largest absolute Gasteiger partial charge is 0.494 e. The number of rotatable bonds is 4. The average Bonchev–Trinajstić information content (AvgIpc) is 2.66. The van der Waals surface area contributed by atoms with Gasteiger partial charge in [-0.15, -0.1) is 0 Å². The Balaban J connectivity index is 1.96. The van der Waals surface area contributed by atoms with E-state index in [1.807, 2.05) is 6.07 Å². The summed E-state index contributed by atoms with van der Waals surface area (Å²) in [6.07, 6.45) is 3.76. The summed E-state index contributed by atoms with van der Waals surface area (Å²) in [6, 6.07) is 5.68. The van der Waals surface area contributed by atoms with Crippen LogP contribution in [0, 0.1) is 11.2 Å². The molecule has 1 atom stereocenters. The van der Waals surface area contributed by atoms with Gasteiger partial charge in [-0.1, -0.05) is 26.3 Å². The molecular formula is C15H22FNO. The van der Waals surface area contributed by atoms with Crippen LogP contribution in [0.15, 0.2) is 18.2 Å². The third-order valence-electron chi connectivity index (χ3n) is 4.03. The fourth-order valence-corrected chi connectivity index (χ4v) is 2.77. The minimum atomic E-state index is -0.289. The van der Waals surface area contributed by atoms with Crippen LogP contribution in [-0.2, 0) is 6.54 Å². The summed E-state index contributed by atoms with van der Waals surface area (Å²) in [4.78, 5) is 0. The summed E-state index contributed by atoms with van der Waals surface area (Å²) >= 11 is 0. The molecule has 0 spiro atoms. The van der Waals surface area contributed by atoms with Gasteiger partial charge >= 0.3 is 0 Å². The van der Waals surface area contributed by atoms with Crippen LogP contribution in [0.4, 0.5) is 4.39 Å². The molecule has 2 nitrogen and oxygen atoms in total. The van der Waals surface area contributed by atoms with Crippen molar-refractivity contribution in [3.8, 4) is 5.75 Å². The Bertz CT molecular complexity index is 417. The van der Waals surface area contributed by atoms with E-state index in [0.29, 0.717) is 17.2 Å². The molecule has 0 aliphatic heterocycles. The zero-order valence-electron chi connectivity index (χ0n) is 11.4. The van der Waals surface area contributed by atoms with E-state index in [-0.39, 0.29) is 5.82 Å². The van der Waals surface area contributed by atoms with E-state index in [9.17, 15) is 4.39 Å². The quantitative estimate of drug-likeness (QED) is 0.884. The van der Waals surface area contributed by atoms with Gasteiger partial charge < -0.3 is 10.1 Å². The standard InChI is InChI=1S/C15H22FNO/c1-15(2)8-4-5-14(15)17-10-11-6-7-13(18-3)12(16)9-11/h6-7,9,14,17H,4-5,8,10H2,1-3H3. The Morgan fingerprint density at radius 2 is 2.22 bits per heavy atom. The summed E-state index contributed by atoms with van der Waals surface area (Å²) in [5.41, 5.74) is 1.32. The van der Waals surface area contributed by atoms with Gasteiger partial charge in [-0.25, -0.2) is 4.39 Å². The lowest BCUT2D eigenvalue weighted by atomic mass is 9.87. The van der Waals surface area contributed by atoms with Crippen molar-refractivity contribution < 1.29 is 9.13 Å². The van der Waals surface area contributed by atoms with Gasteiger partial charge in [0.15, 0.2) is 11.6 Å². The highest BCUT2D eigenvalue weighted by Gasteiger charge is 2.33. The molecule has 0 aromatic heterocycles. The fourth-order valence-electron chi connectivity index (χ4n) is 2.77. The molecule has 0 amide bonds. The summed E-state index contributed by atoms with van der Waals surface area (Å²) < 4.78 is 18.5. The predicted molar refractivity (Wildman–Crippen MR) is 71.2 cm³/mol. The molecule has 1 aliphatic carbocycles. The smallest absolute Gasteiger partial charge is 0.165 e. The Hall–Kier alpha value is -1.09. The van der Waals surface area contributed by atoms with Crippen LogP contribution in [0.5, 0.6) is 5.75 Å². The maximum absolute atomic E-state index is 13.6. The molecular weight excluding hydrogens is 229 g/mol. The molecule has 0 saturated heterocycles. The predicted octanol–water partition coefficient (Wildman–Crippen LogP) is 3.50. The number of ether oxygens (including phenoxy) is 1. The average molecular weight is 251 g/mol. The van der Waals surface area contributed by atoms with Crippen molar-refractivity contribution >= 4 is 0 Å². The summed E-state index contributed by atoms with van der Waals surface area (Å²) in [6.45, 7) is 5.31. The summed E-state index contributed by atoms with van der Waals surface area (Å²) in [7, 11) is 1.48. The lowest BCUT2D eigenvalue weighted by Gasteiger charge is -2.28. The molecule has 1 saturated carbocycles. The van der Waals surface area contributed by atoms with Crippen molar-refractivity contribution in [3.63, 3.8) is 0 Å². The Kier molecular flexibility index (Phi) is 3.91. The monoisotopic (exact) mass is 251 g/mol. The van der Waals surface area contributed by atoms with Gasteiger partial charge in [0.1, 0.15) is 0 Å². The van der Waals surface area contributed by atoms with Crippen LogP contribution < -0.4 is 10.1 Å². The van der Waals surface area contributed by atoms with Crippen molar-refractivity contribution in [2.75, 3.05) is 7.11 Å². The van der Waals surface area contributed by atoms with Crippen molar-refractivity contribution in [2.24, 2.45) is 5.41 Å². The molecule has 3 heteroatoms. The van der Waals surface area contributed by atoms with Crippen LogP contribution in [0.3, 0.4) is 0 Å². The van der Waals surface area contributed by atoms with Crippen LogP contribution in [0.1, 0.15) is 38.7 Å². The molecule has 1 aliphatic rings. The first-order valence-corrected chi connectivity index (χ1v) is 6.59. The molecule has 100 valence electrons. The van der Waals surface area contributed by atoms with E-state index in [2.05, 4.69) is 19.2 Å². The van der Waals surface area contributed by atoms with Gasteiger partial charge in [-0.05, 0) is 36.0 Å². The van der Waals surface area contributed by atoms with Crippen molar-refractivity contribution in [1.82, 2.24) is 5.32 Å². The van der Waals surface area contributed by atoms with Gasteiger partial charge in [0.25, 0.3) is 0 Å². The van der Waals surface area contributed by atoms with E-state index in [4.69, 9.17) is 4.74 Å². The first kappa shape index (κ1) is 13.3. The molecule has 1 N–H and O–H groups in total. The summed E-state index contributed by atoms with van der Waals surface area (Å²) in [5.74, 6) is 0.0161. The minimum Gasteiger partial charge on any atom is -0.494 e. The minimum absolute atomic E-state index is 0.289. The fraction of sp³-hybridized carbons (Fsp3) is 0.600. The van der Waals surface area contributed by atoms with Gasteiger partial charge in [0.05, 0.1) is 7.11 Å². The lowest BCUT2D eigenvalue weighted by molar-refractivity contribution is 0.282. The number of hydrogen-bond donors (Lipinski definition) is 1. The van der Waals surface area contributed by atoms with E-state index in [1.54, 1.807) is 12.1 Å². The number of methoxy groups -OCH3 is 1. The molecule has 1 aromatic carbocycles. The number of halogens is 1. The van der Waals surface area contributed by atoms with E-state index < -0.39 is 0 Å². The lowest BCUT2D eigenvalue weighted by Crippen LogP contribution is -2.37. The van der Waals surface area contributed by atoms with Crippen LogP contribution in [0.25, 0.3) is 0 Å². The number of nitrogens with one attached hydrogen (secondary N) is 1. The van der Waals surface area contributed by atoms with Gasteiger partial charge in [-0.2, -0.15) is 0 Å². The van der Waals surface area contributed by atoms with Crippen LogP contribution in [-0.4, -0.2) is 13.2 Å². The first-order valence-electron chi connectivity index (χ1n) is 6.59. The van der Waals surface area contributed by atoms with Crippen LogP contribution >= 0.6 is 0 Å². The molecule has 1 unspecified atom stereocenters. The highest BCUT2D eigenvalue weighted by Crippen LogP contribution is 2.37. The van der Waals surface area contributed by atoms with Gasteiger partial charge in [0, 0.05) is 12.6 Å². The second-order valence-electron chi connectivity index (χ2n) is 5.78. The first-order chi connectivity index (χ1) is 8.53. The molecule has 18 heavy (non-hydrogen) atoms. The second-order valence-corrected chi connectivity index (χ2v) is 5.78. The highest BCUT2D eigenvalue weighted by atomic mass is 19.1. The molecule has 1 aromatic rings. The zero-order valence-corrected chi connectivity index (χ0v) is 11.4. The third-order valence-corrected chi connectivity index (χ3v) is 4.03. The second kappa shape index (κ2) is 5.27. The normalized spacial score (nSPS) is 22.1. The van der Waals surface area contributed by atoms with E-state index in [1.165, 1.54) is 26.4 Å². The van der Waals surface area contributed by atoms with Gasteiger partial charge in [0.2, 0.25) is 0 Å². The zero-order chi connectivity index (χ0) is 13.2. The van der Waals surface area contributed by atoms with Gasteiger partial charge in [-0.3, -0.25) is 0 Å². The van der Waals surface area contributed by atoms with E-state index >= 15 is 0 Å². The van der Waals surface area contributed by atoms with Crippen molar-refractivity contribution in [1.29, 1.82) is 0 Å². The third kappa shape index (κ3) is 2.83. The number of hydrogen-bond acceptors (Lipinski definition) is 2. The van der Waals surface area contributed by atoms with Crippen molar-refractivity contribution in [3.05, 3.63) is 29.6 Å². The molecule has 0 radical (unpaired) electrons. The number of benzene rings is 1. The Labute approximate surface area is 109 Å². The molecule has 2 rings (SSSR count). The summed E-state index contributed by atoms with van der Waals surface area (Å²) in [5, 5.41) is 3.55. The Morgan fingerprint density at radius 3 is 2.78 bits per heavy atom. The highest BCUT2D eigenvalue weighted by molar-refractivity contribution is 5.29. The molecule has 0 bridgehead atoms. The molecule has 0 heterocycles. The van der Waals surface area contributed by atoms with Crippen LogP contribution in [0.2, 0.25) is 0 Å². The Morgan fingerprint density at radius 1 is 1.44 bits per heavy atom. The maximum Gasteiger partial charge on any atom is 0.165 e.